The molecule has 0 saturated carbocycles. The van der Waals surface area contributed by atoms with Crippen molar-refractivity contribution in [3.63, 3.8) is 0 Å². The molecule has 0 radical (unpaired) electrons. The predicted molar refractivity (Wildman–Crippen MR) is 206 cm³/mol. The first kappa shape index (κ1) is 44.6. The Labute approximate surface area is 327 Å². The van der Waals surface area contributed by atoms with Gasteiger partial charge < -0.3 is 30.2 Å². The topological polar surface area (TPSA) is 192 Å². The van der Waals surface area contributed by atoms with Gasteiger partial charge in [-0.2, -0.15) is 0 Å². The van der Waals surface area contributed by atoms with Gasteiger partial charge in [-0.05, 0) is 43.5 Å². The van der Waals surface area contributed by atoms with Crippen LogP contribution in [0.3, 0.4) is 0 Å². The lowest BCUT2D eigenvalue weighted by atomic mass is 9.90. The lowest BCUT2D eigenvalue weighted by Crippen LogP contribution is -2.48. The summed E-state index contributed by atoms with van der Waals surface area (Å²) in [6.45, 7) is 6.05. The maximum atomic E-state index is 13.6. The maximum absolute atomic E-state index is 13.6. The molecule has 4 amide bonds. The van der Waals surface area contributed by atoms with Gasteiger partial charge in [0.2, 0.25) is 18.2 Å². The number of methoxy groups -OCH3 is 2. The number of unbranched alkanes of at least 4 members (excludes halogenated alkanes) is 2. The number of rotatable bonds is 24. The quantitative estimate of drug-likeness (QED) is 0.0387. The number of carbonyl (C=O) groups is 6. The minimum absolute atomic E-state index is 0.102. The molecule has 3 N–H and O–H groups in total. The van der Waals surface area contributed by atoms with E-state index in [1.165, 1.54) is 12.2 Å². The lowest BCUT2D eigenvalue weighted by molar-refractivity contribution is -0.200. The zero-order chi connectivity index (χ0) is 40.9. The first-order chi connectivity index (χ1) is 27.1. The van der Waals surface area contributed by atoms with Crippen molar-refractivity contribution in [1.29, 1.82) is 0 Å². The van der Waals surface area contributed by atoms with Crippen LogP contribution < -0.4 is 20.7 Å². The highest BCUT2D eigenvalue weighted by Crippen LogP contribution is 2.28. The van der Waals surface area contributed by atoms with Crippen LogP contribution in [0, 0.1) is 5.92 Å². The number of hydrogen-bond donors (Lipinski definition) is 3. The van der Waals surface area contributed by atoms with Crippen LogP contribution in [-0.2, 0) is 51.3 Å². The molecule has 1 heterocycles. The van der Waals surface area contributed by atoms with E-state index in [1.54, 1.807) is 43.3 Å². The minimum Gasteiger partial charge on any atom is -0.494 e. The van der Waals surface area contributed by atoms with Crippen LogP contribution in [0.4, 0.5) is 0 Å². The third-order valence-electron chi connectivity index (χ3n) is 8.92. The molecule has 0 unspecified atom stereocenters. The van der Waals surface area contributed by atoms with Gasteiger partial charge in [-0.1, -0.05) is 81.6 Å². The van der Waals surface area contributed by atoms with E-state index in [9.17, 15) is 28.8 Å². The number of ether oxygens (including phenoxy) is 3. The number of amides is 4. The Morgan fingerprint density at radius 2 is 1.66 bits per heavy atom. The highest BCUT2D eigenvalue weighted by atomic mass is 16.7. The van der Waals surface area contributed by atoms with Crippen molar-refractivity contribution in [2.24, 2.45) is 5.92 Å². The fourth-order valence-corrected chi connectivity index (χ4v) is 5.99. The molecule has 3 aromatic rings. The Morgan fingerprint density at radius 1 is 0.893 bits per heavy atom. The Morgan fingerprint density at radius 3 is 2.32 bits per heavy atom. The number of nitrogens with one attached hydrogen (secondary N) is 3. The van der Waals surface area contributed by atoms with E-state index >= 15 is 0 Å². The van der Waals surface area contributed by atoms with E-state index in [-0.39, 0.29) is 31.3 Å². The lowest BCUT2D eigenvalue weighted by Gasteiger charge is -2.32. The molecular formula is C41H53N5O10. The van der Waals surface area contributed by atoms with Crippen molar-refractivity contribution < 1.29 is 47.8 Å². The first-order valence-electron chi connectivity index (χ1n) is 18.7. The van der Waals surface area contributed by atoms with Crippen LogP contribution in [0.15, 0.2) is 66.7 Å². The average Bonchev–Trinajstić information content (AvgIpc) is 3.21. The SMILES string of the molecule is CCCCC[C@@H](C(=O)NCNC(=O)c1cccc(-c2ccc(CC(=O)N[C@@H](CC(=O)OC)C(=O)OC)c(OCC)c2)n1)[C@@H](CC)N(C=O)OCc1ccccc1. The van der Waals surface area contributed by atoms with Gasteiger partial charge in [0.25, 0.3) is 5.91 Å². The van der Waals surface area contributed by atoms with Crippen LogP contribution in [0.25, 0.3) is 11.3 Å². The van der Waals surface area contributed by atoms with Gasteiger partial charge >= 0.3 is 11.9 Å². The summed E-state index contributed by atoms with van der Waals surface area (Å²) < 4.78 is 15.1. The normalized spacial score (nSPS) is 12.3. The van der Waals surface area contributed by atoms with Gasteiger partial charge in [0, 0.05) is 11.1 Å². The number of carbonyl (C=O) groups excluding carboxylic acids is 6. The van der Waals surface area contributed by atoms with E-state index in [2.05, 4.69) is 32.6 Å². The summed E-state index contributed by atoms with van der Waals surface area (Å²) in [6.07, 6.45) is 3.73. The van der Waals surface area contributed by atoms with E-state index < -0.39 is 48.2 Å². The fraction of sp³-hybridized carbons (Fsp3) is 0.439. The average molecular weight is 776 g/mol. The number of pyridine rings is 1. The number of aromatic nitrogens is 1. The smallest absolute Gasteiger partial charge is 0.328 e. The number of hydroxylamine groups is 2. The van der Waals surface area contributed by atoms with E-state index in [0.29, 0.717) is 48.4 Å². The molecule has 1 aromatic heterocycles. The molecule has 2 aromatic carbocycles. The van der Waals surface area contributed by atoms with Crippen LogP contribution in [0.1, 0.15) is 80.9 Å². The van der Waals surface area contributed by atoms with Crippen LogP contribution in [0.5, 0.6) is 5.75 Å². The second-order valence-corrected chi connectivity index (χ2v) is 12.8. The number of nitrogens with zero attached hydrogens (tertiary/aromatic N) is 2. The van der Waals surface area contributed by atoms with Gasteiger partial charge in [0.15, 0.2) is 0 Å². The molecule has 302 valence electrons. The largest absolute Gasteiger partial charge is 0.494 e. The Hall–Kier alpha value is -5.83. The summed E-state index contributed by atoms with van der Waals surface area (Å²) in [5.74, 6) is -3.04. The molecular weight excluding hydrogens is 722 g/mol. The van der Waals surface area contributed by atoms with E-state index in [1.807, 2.05) is 37.3 Å². The molecule has 0 aliphatic rings. The van der Waals surface area contributed by atoms with Crippen molar-refractivity contribution in [2.75, 3.05) is 27.5 Å². The third-order valence-corrected chi connectivity index (χ3v) is 8.92. The molecule has 0 fully saturated rings. The Balaban J connectivity index is 1.68. The predicted octanol–water partition coefficient (Wildman–Crippen LogP) is 4.28. The van der Waals surface area contributed by atoms with E-state index in [0.717, 1.165) is 31.9 Å². The molecule has 3 rings (SSSR count). The summed E-state index contributed by atoms with van der Waals surface area (Å²) in [5, 5.41) is 9.25. The van der Waals surface area contributed by atoms with E-state index in [4.69, 9.17) is 14.3 Å². The number of benzene rings is 2. The van der Waals surface area contributed by atoms with Gasteiger partial charge in [0.1, 0.15) is 24.1 Å². The third kappa shape index (κ3) is 13.8. The number of esters is 2. The maximum Gasteiger partial charge on any atom is 0.328 e. The number of hydrogen-bond acceptors (Lipinski definition) is 11. The van der Waals surface area contributed by atoms with Gasteiger partial charge in [0.05, 0.1) is 58.0 Å². The highest BCUT2D eigenvalue weighted by molar-refractivity contribution is 5.93. The molecule has 0 aliphatic heterocycles. The van der Waals surface area contributed by atoms with Crippen molar-refractivity contribution >= 4 is 36.1 Å². The standard InChI is InChI=1S/C41H53N5O10/c1-6-9-11-17-31(35(7-2)46(27-47)56-25-28-15-12-10-13-16-28)39(50)42-26-43-40(51)33-19-14-18-32(44-33)29-20-21-30(36(22-29)55-8-3)23-37(48)45-34(41(52)54-5)24-38(49)53-4/h10,12-16,18-22,27,31,34-35H,6-9,11,17,23-26H2,1-5H3,(H,42,50)(H,43,51)(H,45,48)/t31-,34+,35-/m1/s1. The fourth-order valence-electron chi connectivity index (χ4n) is 5.99. The first-order valence-corrected chi connectivity index (χ1v) is 18.7. The monoisotopic (exact) mass is 775 g/mol. The molecule has 3 atom stereocenters. The zero-order valence-corrected chi connectivity index (χ0v) is 32.7. The summed E-state index contributed by atoms with van der Waals surface area (Å²) in [4.78, 5) is 86.1. The highest BCUT2D eigenvalue weighted by Gasteiger charge is 2.32. The Kier molecular flexibility index (Phi) is 19.0. The molecule has 15 heteroatoms. The molecule has 0 saturated heterocycles. The molecule has 0 spiro atoms. The Bertz CT molecular complexity index is 1760. The second kappa shape index (κ2) is 23.8. The summed E-state index contributed by atoms with van der Waals surface area (Å²) in [7, 11) is 2.33. The van der Waals surface area contributed by atoms with Gasteiger partial charge in [-0.3, -0.25) is 28.8 Å². The van der Waals surface area contributed by atoms with Gasteiger partial charge in [-0.15, -0.1) is 0 Å². The molecule has 0 bridgehead atoms. The van der Waals surface area contributed by atoms with Crippen LogP contribution in [-0.4, -0.2) is 85.7 Å². The second-order valence-electron chi connectivity index (χ2n) is 12.8. The van der Waals surface area contributed by atoms with Crippen molar-refractivity contribution in [1.82, 2.24) is 26.0 Å². The molecule has 0 aliphatic carbocycles. The van der Waals surface area contributed by atoms with Crippen molar-refractivity contribution in [3.8, 4) is 17.0 Å². The molecule has 15 nitrogen and oxygen atoms in total. The summed E-state index contributed by atoms with van der Waals surface area (Å²) in [5.41, 5.74) is 2.56. The van der Waals surface area contributed by atoms with Crippen molar-refractivity contribution in [2.45, 2.75) is 84.4 Å². The zero-order valence-electron chi connectivity index (χ0n) is 32.7. The van der Waals surface area contributed by atoms with Crippen LogP contribution in [0.2, 0.25) is 0 Å². The summed E-state index contributed by atoms with van der Waals surface area (Å²) in [6, 6.07) is 17.7. The van der Waals surface area contributed by atoms with Crippen molar-refractivity contribution in [3.05, 3.63) is 83.6 Å². The summed E-state index contributed by atoms with van der Waals surface area (Å²) >= 11 is 0. The van der Waals surface area contributed by atoms with Crippen LogP contribution >= 0.6 is 0 Å². The van der Waals surface area contributed by atoms with Gasteiger partial charge in [-0.25, -0.2) is 14.8 Å². The molecule has 56 heavy (non-hydrogen) atoms. The minimum atomic E-state index is -1.22.